The quantitative estimate of drug-likeness (QED) is 0.708. The molecule has 0 radical (unpaired) electrons. The molecule has 0 aliphatic carbocycles. The molecule has 5 heteroatoms. The summed E-state index contributed by atoms with van der Waals surface area (Å²) < 4.78 is 17.6. The van der Waals surface area contributed by atoms with Gasteiger partial charge in [0, 0.05) is 12.6 Å². The predicted octanol–water partition coefficient (Wildman–Crippen LogP) is 0.221. The molecule has 0 saturated carbocycles. The summed E-state index contributed by atoms with van der Waals surface area (Å²) in [4.78, 5) is 3.67. The first-order valence-corrected chi connectivity index (χ1v) is 3.76. The van der Waals surface area contributed by atoms with E-state index in [1.54, 1.807) is 0 Å². The number of rotatable bonds is 3. The fraction of sp³-hybridized carbons (Fsp3) is 0.375. The molecule has 3 N–H and O–H groups in total. The Morgan fingerprint density at radius 1 is 1.77 bits per heavy atom. The second kappa shape index (κ2) is 4.15. The zero-order valence-electron chi connectivity index (χ0n) is 7.20. The third-order valence-electron chi connectivity index (χ3n) is 1.63. The number of halogens is 1. The van der Waals surface area contributed by atoms with Crippen LogP contribution in [0.3, 0.4) is 0 Å². The first-order valence-electron chi connectivity index (χ1n) is 3.76. The number of aliphatic hydroxyl groups is 1. The van der Waals surface area contributed by atoms with Gasteiger partial charge in [-0.25, -0.2) is 4.39 Å². The summed E-state index contributed by atoms with van der Waals surface area (Å²) in [6, 6.07) is 1.33. The molecule has 4 nitrogen and oxygen atoms in total. The summed E-state index contributed by atoms with van der Waals surface area (Å²) >= 11 is 0. The molecular formula is C8H11FN2O2. The van der Waals surface area contributed by atoms with Crippen LogP contribution in [0, 0.1) is 5.82 Å². The number of hydrogen-bond acceptors (Lipinski definition) is 4. The lowest BCUT2D eigenvalue weighted by Crippen LogP contribution is -2.13. The minimum atomic E-state index is -0.880. The Morgan fingerprint density at radius 2 is 2.46 bits per heavy atom. The van der Waals surface area contributed by atoms with E-state index in [2.05, 4.69) is 4.98 Å². The average Bonchev–Trinajstić information content (AvgIpc) is 2.17. The van der Waals surface area contributed by atoms with Crippen LogP contribution in [0.5, 0.6) is 5.75 Å². The Morgan fingerprint density at radius 3 is 3.00 bits per heavy atom. The smallest absolute Gasteiger partial charge is 0.183 e. The first-order chi connectivity index (χ1) is 6.19. The van der Waals surface area contributed by atoms with Crippen LogP contribution in [0.25, 0.3) is 0 Å². The minimum absolute atomic E-state index is 0.0434. The van der Waals surface area contributed by atoms with E-state index in [0.717, 1.165) is 6.20 Å². The topological polar surface area (TPSA) is 68.4 Å². The number of pyridine rings is 1. The maximum atomic E-state index is 12.8. The number of nitrogens with two attached hydrogens (primary N) is 1. The molecule has 0 saturated heterocycles. The molecular weight excluding hydrogens is 175 g/mol. The van der Waals surface area contributed by atoms with E-state index in [1.807, 2.05) is 0 Å². The molecule has 1 aromatic heterocycles. The standard InChI is InChI=1S/C8H11FN2O2/c1-13-8-2-6(7(12)3-10)11-4-5(8)9/h2,4,7,12H,3,10H2,1H3. The van der Waals surface area contributed by atoms with Crippen molar-refractivity contribution in [3.63, 3.8) is 0 Å². The van der Waals surface area contributed by atoms with E-state index in [1.165, 1.54) is 13.2 Å². The molecule has 72 valence electrons. The second-order valence-corrected chi connectivity index (χ2v) is 2.50. The fourth-order valence-corrected chi connectivity index (χ4v) is 0.895. The van der Waals surface area contributed by atoms with Gasteiger partial charge in [0.05, 0.1) is 19.0 Å². The van der Waals surface area contributed by atoms with Gasteiger partial charge < -0.3 is 15.6 Å². The van der Waals surface area contributed by atoms with E-state index in [9.17, 15) is 9.50 Å². The van der Waals surface area contributed by atoms with Crippen molar-refractivity contribution < 1.29 is 14.2 Å². The Kier molecular flexibility index (Phi) is 3.16. The van der Waals surface area contributed by atoms with Crippen molar-refractivity contribution >= 4 is 0 Å². The predicted molar refractivity (Wildman–Crippen MR) is 44.8 cm³/mol. The summed E-state index contributed by atoms with van der Waals surface area (Å²) in [6.45, 7) is 0.0434. The van der Waals surface area contributed by atoms with Gasteiger partial charge in [-0.3, -0.25) is 4.98 Å². The highest BCUT2D eigenvalue weighted by Crippen LogP contribution is 2.19. The normalized spacial score (nSPS) is 12.6. The molecule has 0 fully saturated rings. The SMILES string of the molecule is COc1cc(C(O)CN)ncc1F. The summed E-state index contributed by atoms with van der Waals surface area (Å²) in [5.41, 5.74) is 5.52. The lowest BCUT2D eigenvalue weighted by Gasteiger charge is -2.08. The van der Waals surface area contributed by atoms with Crippen molar-refractivity contribution in [2.45, 2.75) is 6.10 Å². The van der Waals surface area contributed by atoms with E-state index in [4.69, 9.17) is 10.5 Å². The second-order valence-electron chi connectivity index (χ2n) is 2.50. The molecule has 0 aliphatic rings. The van der Waals surface area contributed by atoms with Crippen molar-refractivity contribution in [1.82, 2.24) is 4.98 Å². The molecule has 1 unspecified atom stereocenters. The fourth-order valence-electron chi connectivity index (χ4n) is 0.895. The van der Waals surface area contributed by atoms with Crippen LogP contribution >= 0.6 is 0 Å². The first kappa shape index (κ1) is 9.88. The molecule has 13 heavy (non-hydrogen) atoms. The zero-order chi connectivity index (χ0) is 9.84. The summed E-state index contributed by atoms with van der Waals surface area (Å²) in [5, 5.41) is 9.27. The summed E-state index contributed by atoms with van der Waals surface area (Å²) in [7, 11) is 1.34. The maximum Gasteiger partial charge on any atom is 0.183 e. The van der Waals surface area contributed by atoms with E-state index in [-0.39, 0.29) is 12.3 Å². The summed E-state index contributed by atoms with van der Waals surface area (Å²) in [6.07, 6.45) is 0.113. The average molecular weight is 186 g/mol. The molecule has 0 spiro atoms. The molecule has 0 bridgehead atoms. The third-order valence-corrected chi connectivity index (χ3v) is 1.63. The number of methoxy groups -OCH3 is 1. The molecule has 1 aromatic rings. The zero-order valence-corrected chi connectivity index (χ0v) is 7.20. The lowest BCUT2D eigenvalue weighted by molar-refractivity contribution is 0.181. The number of hydrogen-bond donors (Lipinski definition) is 2. The van der Waals surface area contributed by atoms with E-state index >= 15 is 0 Å². The molecule has 1 heterocycles. The van der Waals surface area contributed by atoms with Crippen LogP contribution in [0.4, 0.5) is 4.39 Å². The summed E-state index contributed by atoms with van der Waals surface area (Å²) in [5.74, 6) is -0.507. The largest absolute Gasteiger partial charge is 0.494 e. The van der Waals surface area contributed by atoms with Gasteiger partial charge in [0.2, 0.25) is 0 Å². The Bertz CT molecular complexity index is 293. The van der Waals surface area contributed by atoms with E-state index < -0.39 is 11.9 Å². The van der Waals surface area contributed by atoms with Crippen molar-refractivity contribution in [3.8, 4) is 5.75 Å². The van der Waals surface area contributed by atoms with Crippen LogP contribution in [0.2, 0.25) is 0 Å². The molecule has 1 rings (SSSR count). The monoisotopic (exact) mass is 186 g/mol. The molecule has 0 aliphatic heterocycles. The van der Waals surface area contributed by atoms with Gasteiger partial charge in [0.15, 0.2) is 11.6 Å². The molecule has 0 amide bonds. The molecule has 1 atom stereocenters. The highest BCUT2D eigenvalue weighted by molar-refractivity contribution is 5.25. The van der Waals surface area contributed by atoms with Gasteiger partial charge in [0.1, 0.15) is 6.10 Å². The number of nitrogens with zero attached hydrogens (tertiary/aromatic N) is 1. The van der Waals surface area contributed by atoms with Crippen molar-refractivity contribution in [2.24, 2.45) is 5.73 Å². The Balaban J connectivity index is 2.99. The van der Waals surface area contributed by atoms with Gasteiger partial charge in [-0.05, 0) is 0 Å². The molecule has 0 aromatic carbocycles. The highest BCUT2D eigenvalue weighted by atomic mass is 19.1. The lowest BCUT2D eigenvalue weighted by atomic mass is 10.2. The van der Waals surface area contributed by atoms with Crippen LogP contribution in [0.1, 0.15) is 11.8 Å². The number of aliphatic hydroxyl groups excluding tert-OH is 1. The van der Waals surface area contributed by atoms with Crippen molar-refractivity contribution in [2.75, 3.05) is 13.7 Å². The minimum Gasteiger partial charge on any atom is -0.494 e. The van der Waals surface area contributed by atoms with Gasteiger partial charge in [-0.1, -0.05) is 0 Å². The van der Waals surface area contributed by atoms with Gasteiger partial charge in [-0.2, -0.15) is 0 Å². The Hall–Kier alpha value is -1.20. The van der Waals surface area contributed by atoms with Gasteiger partial charge >= 0.3 is 0 Å². The van der Waals surface area contributed by atoms with Gasteiger partial charge in [-0.15, -0.1) is 0 Å². The van der Waals surface area contributed by atoms with Crippen LogP contribution in [-0.2, 0) is 0 Å². The number of ether oxygens (including phenoxy) is 1. The van der Waals surface area contributed by atoms with E-state index in [0.29, 0.717) is 5.69 Å². The highest BCUT2D eigenvalue weighted by Gasteiger charge is 2.10. The number of aromatic nitrogens is 1. The maximum absolute atomic E-state index is 12.8. The Labute approximate surface area is 75.2 Å². The van der Waals surface area contributed by atoms with Crippen molar-refractivity contribution in [1.29, 1.82) is 0 Å². The van der Waals surface area contributed by atoms with Crippen LogP contribution in [0.15, 0.2) is 12.3 Å². The third kappa shape index (κ3) is 2.13. The van der Waals surface area contributed by atoms with Crippen LogP contribution in [-0.4, -0.2) is 23.7 Å². The van der Waals surface area contributed by atoms with Gasteiger partial charge in [0.25, 0.3) is 0 Å². The van der Waals surface area contributed by atoms with Crippen molar-refractivity contribution in [3.05, 3.63) is 23.8 Å². The van der Waals surface area contributed by atoms with Crippen LogP contribution < -0.4 is 10.5 Å².